The second-order valence-electron chi connectivity index (χ2n) is 9.48. The summed E-state index contributed by atoms with van der Waals surface area (Å²) in [5, 5.41) is 2.99. The van der Waals surface area contributed by atoms with E-state index in [0.29, 0.717) is 12.1 Å². The third kappa shape index (κ3) is 7.39. The molecular formula is C27H38N4O4S3. The zero-order chi connectivity index (χ0) is 27.9. The molecule has 1 amide bonds. The molecule has 0 radical (unpaired) electrons. The SMILES string of the molecule is CCCCCCNC(=O)CCCCSc1sc(C)c(C)n2c(=O)n(C)c(=NS(=O)(=O)c3ccc(C)cc3)c1-2. The Hall–Kier alpha value is -2.37. The number of thioether (sulfide) groups is 1. The van der Waals surface area contributed by atoms with Crippen molar-refractivity contribution in [3.8, 4) is 5.69 Å². The molecule has 3 rings (SSSR count). The van der Waals surface area contributed by atoms with Gasteiger partial charge < -0.3 is 5.32 Å². The summed E-state index contributed by atoms with van der Waals surface area (Å²) in [5.41, 5.74) is 2.01. The van der Waals surface area contributed by atoms with Gasteiger partial charge in [-0.05, 0) is 57.9 Å². The number of nitrogens with one attached hydrogen (secondary N) is 1. The fourth-order valence-corrected chi connectivity index (χ4v) is 7.54. The fourth-order valence-electron chi connectivity index (χ4n) is 4.01. The molecule has 0 fully saturated rings. The molecule has 2 heterocycles. The summed E-state index contributed by atoms with van der Waals surface area (Å²) in [6.07, 6.45) is 6.60. The highest BCUT2D eigenvalue weighted by atomic mass is 32.2. The maximum Gasteiger partial charge on any atom is 0.334 e. The highest BCUT2D eigenvalue weighted by Crippen LogP contribution is 2.33. The van der Waals surface area contributed by atoms with Gasteiger partial charge >= 0.3 is 5.69 Å². The van der Waals surface area contributed by atoms with Gasteiger partial charge in [-0.15, -0.1) is 27.5 Å². The van der Waals surface area contributed by atoms with Crippen molar-refractivity contribution in [2.24, 2.45) is 11.4 Å². The van der Waals surface area contributed by atoms with Crippen LogP contribution < -0.4 is 16.5 Å². The lowest BCUT2D eigenvalue weighted by molar-refractivity contribution is -0.121. The summed E-state index contributed by atoms with van der Waals surface area (Å²) >= 11 is 3.10. The fraction of sp³-hybridized carbons (Fsp3) is 0.519. The summed E-state index contributed by atoms with van der Waals surface area (Å²) in [6.45, 7) is 8.59. The van der Waals surface area contributed by atoms with E-state index in [1.165, 1.54) is 40.9 Å². The lowest BCUT2D eigenvalue weighted by Crippen LogP contribution is -2.25. The molecule has 0 unspecified atom stereocenters. The van der Waals surface area contributed by atoms with Gasteiger partial charge in [0.05, 0.1) is 9.10 Å². The van der Waals surface area contributed by atoms with Gasteiger partial charge in [-0.25, -0.2) is 4.79 Å². The summed E-state index contributed by atoms with van der Waals surface area (Å²) in [5.74, 6) is 0.825. The number of carbonyl (C=O) groups excluding carboxylic acids is 1. The van der Waals surface area contributed by atoms with Crippen LogP contribution in [0.2, 0.25) is 0 Å². The number of hydrogen-bond donors (Lipinski definition) is 1. The van der Waals surface area contributed by atoms with Crippen molar-refractivity contribution in [2.75, 3.05) is 12.3 Å². The first-order valence-electron chi connectivity index (χ1n) is 13.1. The number of carbonyl (C=O) groups is 1. The molecule has 2 aliphatic heterocycles. The normalized spacial score (nSPS) is 12.4. The maximum atomic E-state index is 13.2. The van der Waals surface area contributed by atoms with E-state index < -0.39 is 10.0 Å². The molecule has 0 atom stereocenters. The number of sulfonamides is 1. The van der Waals surface area contributed by atoms with Crippen LogP contribution in [0.25, 0.3) is 5.69 Å². The number of hydrogen-bond acceptors (Lipinski definition) is 6. The van der Waals surface area contributed by atoms with Gasteiger partial charge in [-0.1, -0.05) is 43.9 Å². The molecule has 0 aliphatic carbocycles. The number of benzene rings is 1. The van der Waals surface area contributed by atoms with Crippen LogP contribution in [0.5, 0.6) is 0 Å². The summed E-state index contributed by atoms with van der Waals surface area (Å²) in [7, 11) is -2.47. The molecule has 0 saturated carbocycles. The van der Waals surface area contributed by atoms with Crippen molar-refractivity contribution in [3.05, 3.63) is 56.4 Å². The average Bonchev–Trinajstić information content (AvgIpc) is 3.11. The van der Waals surface area contributed by atoms with Crippen LogP contribution in [0.1, 0.15) is 68.0 Å². The molecule has 208 valence electrons. The van der Waals surface area contributed by atoms with E-state index in [-0.39, 0.29) is 22.0 Å². The second-order valence-corrected chi connectivity index (χ2v) is 13.7. The minimum atomic E-state index is -4.02. The Morgan fingerprint density at radius 3 is 2.45 bits per heavy atom. The van der Waals surface area contributed by atoms with Gasteiger partial charge in [-0.2, -0.15) is 8.42 Å². The Morgan fingerprint density at radius 2 is 1.76 bits per heavy atom. The van der Waals surface area contributed by atoms with Crippen LogP contribution in [-0.2, 0) is 21.9 Å². The highest BCUT2D eigenvalue weighted by Gasteiger charge is 2.24. The molecule has 11 heteroatoms. The van der Waals surface area contributed by atoms with Gasteiger partial charge in [0.15, 0.2) is 5.49 Å². The Morgan fingerprint density at radius 1 is 1.05 bits per heavy atom. The van der Waals surface area contributed by atoms with Crippen molar-refractivity contribution in [2.45, 2.75) is 81.7 Å². The van der Waals surface area contributed by atoms with Gasteiger partial charge in [0.25, 0.3) is 10.0 Å². The Bertz CT molecular complexity index is 1450. The average molecular weight is 579 g/mol. The Labute approximate surface area is 233 Å². The van der Waals surface area contributed by atoms with Crippen molar-refractivity contribution in [1.29, 1.82) is 0 Å². The standard InChI is InChI=1S/C27H38N4O4S3/c1-6-7-8-10-17-28-23(32)12-9-11-18-36-26-24-25(29-38(34,35)22-15-13-19(2)14-16-22)30(5)27(33)31(24)20(3)21(4)37-26/h13-16H,6-12,17-18H2,1-5H3,(H,28,32). The quantitative estimate of drug-likeness (QED) is 0.231. The molecule has 38 heavy (non-hydrogen) atoms. The van der Waals surface area contributed by atoms with Crippen LogP contribution in [-0.4, -0.2) is 35.8 Å². The molecule has 1 aromatic carbocycles. The number of rotatable bonds is 13. The van der Waals surface area contributed by atoms with Gasteiger partial charge in [0.2, 0.25) is 5.91 Å². The molecule has 8 nitrogen and oxygen atoms in total. The number of amides is 1. The minimum absolute atomic E-state index is 0.0832. The van der Waals surface area contributed by atoms with Gasteiger partial charge in [0.1, 0.15) is 5.69 Å². The van der Waals surface area contributed by atoms with Gasteiger partial charge in [0, 0.05) is 30.6 Å². The van der Waals surface area contributed by atoms with E-state index in [0.717, 1.165) is 58.3 Å². The highest BCUT2D eigenvalue weighted by molar-refractivity contribution is 8.01. The number of fused-ring (bicyclic) bond motifs is 1. The first-order chi connectivity index (χ1) is 18.1. The molecule has 0 spiro atoms. The molecule has 0 saturated heterocycles. The van der Waals surface area contributed by atoms with E-state index in [1.807, 2.05) is 20.8 Å². The zero-order valence-corrected chi connectivity index (χ0v) is 25.3. The topological polar surface area (TPSA) is 103 Å². The monoisotopic (exact) mass is 578 g/mol. The van der Waals surface area contributed by atoms with Gasteiger partial charge in [-0.3, -0.25) is 13.9 Å². The van der Waals surface area contributed by atoms with Crippen LogP contribution in [0, 0.1) is 20.8 Å². The minimum Gasteiger partial charge on any atom is -0.356 e. The Kier molecular flexibility index (Phi) is 10.8. The summed E-state index contributed by atoms with van der Waals surface area (Å²) in [6, 6.07) is 6.50. The molecule has 1 N–H and O–H groups in total. The van der Waals surface area contributed by atoms with Crippen molar-refractivity contribution < 1.29 is 13.2 Å². The molecule has 2 aliphatic rings. The van der Waals surface area contributed by atoms with Crippen LogP contribution in [0.15, 0.2) is 42.6 Å². The van der Waals surface area contributed by atoms with Crippen molar-refractivity contribution in [1.82, 2.24) is 14.5 Å². The first-order valence-corrected chi connectivity index (χ1v) is 16.3. The molecule has 1 aromatic rings. The van der Waals surface area contributed by atoms with E-state index in [9.17, 15) is 18.0 Å². The smallest absolute Gasteiger partial charge is 0.334 e. The van der Waals surface area contributed by atoms with E-state index >= 15 is 0 Å². The number of aromatic nitrogens is 2. The largest absolute Gasteiger partial charge is 0.356 e. The molecule has 0 bridgehead atoms. The van der Waals surface area contributed by atoms with Crippen molar-refractivity contribution in [3.63, 3.8) is 0 Å². The summed E-state index contributed by atoms with van der Waals surface area (Å²) < 4.78 is 34.1. The van der Waals surface area contributed by atoms with Crippen molar-refractivity contribution >= 4 is 39.0 Å². The zero-order valence-electron chi connectivity index (χ0n) is 22.9. The predicted molar refractivity (Wildman–Crippen MR) is 155 cm³/mol. The third-order valence-electron chi connectivity index (χ3n) is 6.42. The molecule has 0 aromatic heterocycles. The van der Waals surface area contributed by atoms with Crippen LogP contribution >= 0.6 is 23.1 Å². The lowest BCUT2D eigenvalue weighted by atomic mass is 10.2. The van der Waals surface area contributed by atoms with Crippen LogP contribution in [0.3, 0.4) is 0 Å². The van der Waals surface area contributed by atoms with Crippen LogP contribution in [0.4, 0.5) is 0 Å². The van der Waals surface area contributed by atoms with E-state index in [1.54, 1.807) is 35.5 Å². The summed E-state index contributed by atoms with van der Waals surface area (Å²) in [4.78, 5) is 26.3. The number of imidazole rings is 1. The lowest BCUT2D eigenvalue weighted by Gasteiger charge is -2.13. The number of aryl methyl sites for hydroxylation is 2. The Balaban J connectivity index is 1.79. The predicted octanol–water partition coefficient (Wildman–Crippen LogP) is 4.85. The van der Waals surface area contributed by atoms with E-state index in [2.05, 4.69) is 16.6 Å². The number of unbranched alkanes of at least 4 members (excludes halogenated alkanes) is 4. The number of nitrogens with zero attached hydrogens (tertiary/aromatic N) is 3. The third-order valence-corrected chi connectivity index (χ3v) is 10.2. The van der Waals surface area contributed by atoms with E-state index in [4.69, 9.17) is 0 Å². The first kappa shape index (κ1) is 30.2. The second kappa shape index (κ2) is 13.6. The molecular weight excluding hydrogens is 541 g/mol. The maximum absolute atomic E-state index is 13.2.